The molecule has 0 rings (SSSR count). The molecule has 0 aromatic heterocycles. The van der Waals surface area contributed by atoms with Crippen LogP contribution in [0.4, 0.5) is 0 Å². The Hall–Kier alpha value is 0.722. The van der Waals surface area contributed by atoms with E-state index in [9.17, 15) is 0 Å². The summed E-state index contributed by atoms with van der Waals surface area (Å²) in [7, 11) is 0.535. The fourth-order valence-electron chi connectivity index (χ4n) is 0. The standard InChI is InChI=1S/H4OSi2.O.W/c1-3-2;;/h3H,2H3;;. The molecule has 0 heterocycles. The van der Waals surface area contributed by atoms with Crippen LogP contribution in [0.1, 0.15) is 0 Å². The quantitative estimate of drug-likeness (QED) is 0.476. The van der Waals surface area contributed by atoms with Crippen LogP contribution >= 0.6 is 0 Å². The third kappa shape index (κ3) is 67.1. The SMILES string of the molecule is O=[SiH][SiH3].[O]=[W]. The zero-order valence-corrected chi connectivity index (χ0v) is 8.89. The number of hydrogen-bond donors (Lipinski definition) is 0. The second-order valence-electron chi connectivity index (χ2n) is 0.236. The van der Waals surface area contributed by atoms with E-state index in [0.29, 0.717) is 19.8 Å². The van der Waals surface area contributed by atoms with E-state index in [0.717, 1.165) is 9.76 Å². The van der Waals surface area contributed by atoms with Crippen LogP contribution < -0.4 is 0 Å². The molecular formula is H4O2Si2W. The van der Waals surface area contributed by atoms with Crippen molar-refractivity contribution in [3.8, 4) is 0 Å². The summed E-state index contributed by atoms with van der Waals surface area (Å²) >= 11 is 0.333. The molecule has 5 heteroatoms. The summed E-state index contributed by atoms with van der Waals surface area (Å²) in [5, 5.41) is 0. The molecule has 0 unspecified atom stereocenters. The van der Waals surface area contributed by atoms with E-state index < -0.39 is 0 Å². The maximum absolute atomic E-state index is 9.08. The average molecular weight is 276 g/mol. The van der Waals surface area contributed by atoms with Gasteiger partial charge in [-0.15, -0.1) is 0 Å². The summed E-state index contributed by atoms with van der Waals surface area (Å²) in [6.45, 7) is 0. The predicted molar refractivity (Wildman–Crippen MR) is 18.5 cm³/mol. The van der Waals surface area contributed by atoms with Crippen LogP contribution in [0.5, 0.6) is 0 Å². The van der Waals surface area contributed by atoms with Gasteiger partial charge < -0.3 is 4.46 Å². The summed E-state index contributed by atoms with van der Waals surface area (Å²) in [5.74, 6) is 0. The van der Waals surface area contributed by atoms with Gasteiger partial charge in [0, 0.05) is 0 Å². The van der Waals surface area contributed by atoms with Crippen molar-refractivity contribution in [2.75, 3.05) is 0 Å². The molecule has 30 valence electrons. The van der Waals surface area contributed by atoms with E-state index in [1.165, 1.54) is 0 Å². The topological polar surface area (TPSA) is 34.1 Å². The van der Waals surface area contributed by atoms with Crippen molar-refractivity contribution in [3.05, 3.63) is 0 Å². The van der Waals surface area contributed by atoms with Gasteiger partial charge in [0.25, 0.3) is 0 Å². The Balaban J connectivity index is 0. The van der Waals surface area contributed by atoms with E-state index in [1.54, 1.807) is 0 Å². The Labute approximate surface area is 46.6 Å². The minimum absolute atomic E-state index is 0.333. The van der Waals surface area contributed by atoms with Crippen LogP contribution in [0.2, 0.25) is 0 Å². The van der Waals surface area contributed by atoms with Gasteiger partial charge in [0.1, 0.15) is 0 Å². The van der Waals surface area contributed by atoms with Crippen molar-refractivity contribution in [1.29, 1.82) is 0 Å². The van der Waals surface area contributed by atoms with Crippen molar-refractivity contribution in [2.45, 2.75) is 0 Å². The summed E-state index contributed by atoms with van der Waals surface area (Å²) < 4.78 is 17.4. The molecule has 0 saturated heterocycles. The molecular weight excluding hydrogens is 272 g/mol. The Morgan fingerprint density at radius 2 is 1.60 bits per heavy atom. The average Bonchev–Trinajstić information content (AvgIpc) is 1.46. The second kappa shape index (κ2) is 22.1. The van der Waals surface area contributed by atoms with Gasteiger partial charge in [-0.3, -0.25) is 0 Å². The molecule has 0 aromatic rings. The first kappa shape index (κ1) is 9.21. The van der Waals surface area contributed by atoms with Crippen LogP contribution in [0.15, 0.2) is 0 Å². The molecule has 0 spiro atoms. The Bertz CT molecular complexity index is 21.6. The van der Waals surface area contributed by atoms with Gasteiger partial charge in [-0.25, -0.2) is 0 Å². The molecule has 0 aliphatic carbocycles. The molecule has 0 N–H and O–H groups in total. The fraction of sp³-hybridized carbons (Fsp3) is 0. The predicted octanol–water partition coefficient (Wildman–Crippen LogP) is -2.07. The second-order valence-corrected chi connectivity index (χ2v) is 2.12. The molecule has 2 nitrogen and oxygen atoms in total. The van der Waals surface area contributed by atoms with Crippen molar-refractivity contribution < 1.29 is 27.6 Å². The molecule has 0 radical (unpaired) electrons. The van der Waals surface area contributed by atoms with Gasteiger partial charge in [0.2, 0.25) is 8.92 Å². The summed E-state index contributed by atoms with van der Waals surface area (Å²) in [6.07, 6.45) is 0. The third-order valence-corrected chi connectivity index (χ3v) is 0. The fourth-order valence-corrected chi connectivity index (χ4v) is 0. The van der Waals surface area contributed by atoms with Crippen molar-refractivity contribution >= 4 is 18.7 Å². The first-order valence-electron chi connectivity index (χ1n) is 0.980. The van der Waals surface area contributed by atoms with Gasteiger partial charge in [0.15, 0.2) is 0 Å². The molecule has 0 aromatic carbocycles. The first-order chi connectivity index (χ1) is 2.41. The van der Waals surface area contributed by atoms with Crippen LogP contribution in [0.25, 0.3) is 0 Å². The van der Waals surface area contributed by atoms with E-state index in [2.05, 4.69) is 0 Å². The van der Waals surface area contributed by atoms with Crippen molar-refractivity contribution in [3.63, 3.8) is 0 Å². The molecule has 0 bridgehead atoms. The maximum atomic E-state index is 9.08. The van der Waals surface area contributed by atoms with Gasteiger partial charge in [0.05, 0.1) is 9.76 Å². The van der Waals surface area contributed by atoms with Gasteiger partial charge in [-0.2, -0.15) is 0 Å². The monoisotopic (exact) mass is 276 g/mol. The molecule has 0 fully saturated rings. The summed E-state index contributed by atoms with van der Waals surface area (Å²) in [6, 6.07) is 0. The molecule has 0 amide bonds. The summed E-state index contributed by atoms with van der Waals surface area (Å²) in [4.78, 5) is 0. The first-order valence-corrected chi connectivity index (χ1v) is 7.27. The molecule has 0 aliphatic heterocycles. The Morgan fingerprint density at radius 3 is 1.60 bits per heavy atom. The minimum atomic E-state index is -0.361. The third-order valence-electron chi connectivity index (χ3n) is 0. The van der Waals surface area contributed by atoms with Gasteiger partial charge in [-0.1, -0.05) is 0 Å². The van der Waals surface area contributed by atoms with Crippen LogP contribution in [-0.2, 0) is 27.6 Å². The zero-order valence-electron chi connectivity index (χ0n) is 2.80. The van der Waals surface area contributed by atoms with Gasteiger partial charge >= 0.3 is 23.2 Å². The van der Waals surface area contributed by atoms with Gasteiger partial charge in [-0.05, 0) is 0 Å². The van der Waals surface area contributed by atoms with E-state index in [1.807, 2.05) is 0 Å². The van der Waals surface area contributed by atoms with E-state index in [4.69, 9.17) is 7.86 Å². The molecule has 5 heavy (non-hydrogen) atoms. The zero-order chi connectivity index (χ0) is 4.71. The summed E-state index contributed by atoms with van der Waals surface area (Å²) in [5.41, 5.74) is 0. The van der Waals surface area contributed by atoms with E-state index in [-0.39, 0.29) is 8.92 Å². The molecule has 0 saturated carbocycles. The van der Waals surface area contributed by atoms with E-state index >= 15 is 0 Å². The van der Waals surface area contributed by atoms with Crippen LogP contribution in [-0.4, -0.2) is 18.7 Å². The Morgan fingerprint density at radius 1 is 1.60 bits per heavy atom. The van der Waals surface area contributed by atoms with Crippen molar-refractivity contribution in [2.24, 2.45) is 0 Å². The molecule has 0 aliphatic rings. The molecule has 0 atom stereocenters. The Kier molecular flexibility index (Phi) is 40.6. The van der Waals surface area contributed by atoms with Crippen LogP contribution in [0.3, 0.4) is 0 Å². The van der Waals surface area contributed by atoms with Crippen molar-refractivity contribution in [1.82, 2.24) is 0 Å². The normalized spacial score (nSPS) is 4.00. The number of rotatable bonds is 0. The van der Waals surface area contributed by atoms with Crippen LogP contribution in [0, 0.1) is 0 Å². The number of hydrogen-bond acceptors (Lipinski definition) is 2.